The SMILES string of the molecule is C[C@]12CCC[C@H](O)[C@@H]1CC[C@@H]2CCO. The molecule has 2 rings (SSSR count). The van der Waals surface area contributed by atoms with Crippen LogP contribution in [0.3, 0.4) is 0 Å². The molecule has 0 heterocycles. The first-order valence-corrected chi connectivity index (χ1v) is 5.97. The molecule has 0 aromatic heterocycles. The van der Waals surface area contributed by atoms with Gasteiger partial charge in [-0.1, -0.05) is 13.3 Å². The highest BCUT2D eigenvalue weighted by atomic mass is 16.3. The summed E-state index contributed by atoms with van der Waals surface area (Å²) in [6.07, 6.45) is 6.64. The zero-order valence-corrected chi connectivity index (χ0v) is 9.08. The van der Waals surface area contributed by atoms with Crippen LogP contribution in [0, 0.1) is 17.3 Å². The highest BCUT2D eigenvalue weighted by Crippen LogP contribution is 2.56. The largest absolute Gasteiger partial charge is 0.396 e. The lowest BCUT2D eigenvalue weighted by Crippen LogP contribution is -2.39. The van der Waals surface area contributed by atoms with Gasteiger partial charge in [0.25, 0.3) is 0 Å². The van der Waals surface area contributed by atoms with Gasteiger partial charge in [0.05, 0.1) is 6.10 Å². The van der Waals surface area contributed by atoms with Crippen LogP contribution in [-0.2, 0) is 0 Å². The van der Waals surface area contributed by atoms with Gasteiger partial charge in [0, 0.05) is 6.61 Å². The lowest BCUT2D eigenvalue weighted by molar-refractivity contribution is -0.0207. The summed E-state index contributed by atoms with van der Waals surface area (Å²) in [7, 11) is 0. The van der Waals surface area contributed by atoms with E-state index in [0.29, 0.717) is 23.9 Å². The van der Waals surface area contributed by atoms with Crippen LogP contribution in [0.2, 0.25) is 0 Å². The van der Waals surface area contributed by atoms with Crippen LogP contribution in [0.25, 0.3) is 0 Å². The third-order valence-corrected chi connectivity index (χ3v) is 4.76. The summed E-state index contributed by atoms with van der Waals surface area (Å²) in [5, 5.41) is 19.0. The second-order valence-corrected chi connectivity index (χ2v) is 5.36. The minimum Gasteiger partial charge on any atom is -0.396 e. The minimum absolute atomic E-state index is 0.0718. The van der Waals surface area contributed by atoms with E-state index in [1.165, 1.54) is 19.3 Å². The molecule has 82 valence electrons. The average molecular weight is 198 g/mol. The first-order chi connectivity index (χ1) is 6.68. The quantitative estimate of drug-likeness (QED) is 0.712. The van der Waals surface area contributed by atoms with Crippen molar-refractivity contribution in [3.8, 4) is 0 Å². The first kappa shape index (κ1) is 10.4. The number of aliphatic hydroxyl groups is 2. The maximum atomic E-state index is 9.97. The van der Waals surface area contributed by atoms with Crippen LogP contribution in [-0.4, -0.2) is 22.9 Å². The van der Waals surface area contributed by atoms with Gasteiger partial charge >= 0.3 is 0 Å². The van der Waals surface area contributed by atoms with Gasteiger partial charge in [-0.3, -0.25) is 0 Å². The number of hydrogen-bond acceptors (Lipinski definition) is 2. The van der Waals surface area contributed by atoms with E-state index in [-0.39, 0.29) is 6.10 Å². The van der Waals surface area contributed by atoms with E-state index in [1.807, 2.05) is 0 Å². The van der Waals surface area contributed by atoms with Gasteiger partial charge in [-0.05, 0) is 49.4 Å². The van der Waals surface area contributed by atoms with Crippen molar-refractivity contribution in [3.63, 3.8) is 0 Å². The molecule has 0 aliphatic heterocycles. The molecule has 2 aliphatic carbocycles. The third-order valence-electron chi connectivity index (χ3n) is 4.76. The van der Waals surface area contributed by atoms with Gasteiger partial charge in [-0.15, -0.1) is 0 Å². The molecule has 2 aliphatic rings. The van der Waals surface area contributed by atoms with Gasteiger partial charge < -0.3 is 10.2 Å². The van der Waals surface area contributed by atoms with E-state index in [2.05, 4.69) is 6.92 Å². The Labute approximate surface area is 86.3 Å². The molecule has 2 fully saturated rings. The van der Waals surface area contributed by atoms with Crippen LogP contribution in [0.15, 0.2) is 0 Å². The minimum atomic E-state index is -0.0718. The Morgan fingerprint density at radius 2 is 2.07 bits per heavy atom. The molecule has 2 saturated carbocycles. The Morgan fingerprint density at radius 3 is 2.79 bits per heavy atom. The molecule has 2 nitrogen and oxygen atoms in total. The van der Waals surface area contributed by atoms with E-state index in [1.54, 1.807) is 0 Å². The second-order valence-electron chi connectivity index (χ2n) is 5.36. The number of aliphatic hydroxyl groups excluding tert-OH is 2. The standard InChI is InChI=1S/C12H22O2/c1-12-7-2-3-11(14)10(12)5-4-9(12)6-8-13/h9-11,13-14H,2-8H2,1H3/t9-,10+,11+,12-/m1/s1. The number of fused-ring (bicyclic) bond motifs is 1. The molecule has 0 aromatic carbocycles. The zero-order chi connectivity index (χ0) is 10.2. The fraction of sp³-hybridized carbons (Fsp3) is 1.00. The van der Waals surface area contributed by atoms with Gasteiger partial charge in [0.1, 0.15) is 0 Å². The zero-order valence-electron chi connectivity index (χ0n) is 9.08. The Kier molecular flexibility index (Phi) is 2.85. The van der Waals surface area contributed by atoms with Crippen LogP contribution in [0.5, 0.6) is 0 Å². The molecule has 4 atom stereocenters. The van der Waals surface area contributed by atoms with Crippen molar-refractivity contribution in [1.82, 2.24) is 0 Å². The molecule has 0 bridgehead atoms. The van der Waals surface area contributed by atoms with Crippen molar-refractivity contribution in [3.05, 3.63) is 0 Å². The maximum absolute atomic E-state index is 9.97. The summed E-state index contributed by atoms with van der Waals surface area (Å²) in [6, 6.07) is 0. The summed E-state index contributed by atoms with van der Waals surface area (Å²) >= 11 is 0. The lowest BCUT2D eigenvalue weighted by atomic mass is 9.64. The molecule has 0 aromatic rings. The van der Waals surface area contributed by atoms with Gasteiger partial charge in [-0.2, -0.15) is 0 Å². The van der Waals surface area contributed by atoms with Crippen LogP contribution >= 0.6 is 0 Å². The number of hydrogen-bond donors (Lipinski definition) is 2. The Bertz CT molecular complexity index is 204. The first-order valence-electron chi connectivity index (χ1n) is 5.97. The topological polar surface area (TPSA) is 40.5 Å². The fourth-order valence-corrected chi connectivity index (χ4v) is 3.89. The van der Waals surface area contributed by atoms with Crippen molar-refractivity contribution < 1.29 is 10.2 Å². The van der Waals surface area contributed by atoms with E-state index in [4.69, 9.17) is 5.11 Å². The molecule has 0 unspecified atom stereocenters. The Balaban J connectivity index is 2.12. The summed E-state index contributed by atoms with van der Waals surface area (Å²) in [6.45, 7) is 2.64. The van der Waals surface area contributed by atoms with E-state index in [0.717, 1.165) is 19.3 Å². The van der Waals surface area contributed by atoms with E-state index in [9.17, 15) is 5.11 Å². The molecule has 0 spiro atoms. The highest BCUT2D eigenvalue weighted by molar-refractivity contribution is 5.00. The summed E-state index contributed by atoms with van der Waals surface area (Å²) in [5.41, 5.74) is 0.320. The fourth-order valence-electron chi connectivity index (χ4n) is 3.89. The van der Waals surface area contributed by atoms with Crippen molar-refractivity contribution in [2.45, 2.75) is 51.6 Å². The normalized spacial score (nSPS) is 47.8. The second kappa shape index (κ2) is 3.82. The summed E-state index contributed by atoms with van der Waals surface area (Å²) in [4.78, 5) is 0. The van der Waals surface area contributed by atoms with Crippen molar-refractivity contribution in [2.75, 3.05) is 6.61 Å². The molecule has 0 saturated heterocycles. The highest BCUT2D eigenvalue weighted by Gasteiger charge is 2.50. The van der Waals surface area contributed by atoms with E-state index < -0.39 is 0 Å². The van der Waals surface area contributed by atoms with Crippen molar-refractivity contribution in [1.29, 1.82) is 0 Å². The maximum Gasteiger partial charge on any atom is 0.0573 e. The molecule has 14 heavy (non-hydrogen) atoms. The predicted octanol–water partition coefficient (Wildman–Crippen LogP) is 1.95. The van der Waals surface area contributed by atoms with Crippen LogP contribution < -0.4 is 0 Å². The average Bonchev–Trinajstić information content (AvgIpc) is 2.46. The predicted molar refractivity (Wildman–Crippen MR) is 55.9 cm³/mol. The van der Waals surface area contributed by atoms with Gasteiger partial charge in [-0.25, -0.2) is 0 Å². The van der Waals surface area contributed by atoms with Crippen LogP contribution in [0.1, 0.15) is 45.4 Å². The Morgan fingerprint density at radius 1 is 1.29 bits per heavy atom. The van der Waals surface area contributed by atoms with E-state index >= 15 is 0 Å². The molecule has 0 amide bonds. The summed E-state index contributed by atoms with van der Waals surface area (Å²) in [5.74, 6) is 1.15. The van der Waals surface area contributed by atoms with Crippen molar-refractivity contribution >= 4 is 0 Å². The monoisotopic (exact) mass is 198 g/mol. The third kappa shape index (κ3) is 1.49. The lowest BCUT2D eigenvalue weighted by Gasteiger charge is -2.43. The summed E-state index contributed by atoms with van der Waals surface area (Å²) < 4.78 is 0. The molecule has 0 radical (unpaired) electrons. The van der Waals surface area contributed by atoms with Gasteiger partial charge in [0.15, 0.2) is 0 Å². The smallest absolute Gasteiger partial charge is 0.0573 e. The number of rotatable bonds is 2. The van der Waals surface area contributed by atoms with Gasteiger partial charge in [0.2, 0.25) is 0 Å². The molecular weight excluding hydrogens is 176 g/mol. The molecule has 2 heteroatoms. The molecular formula is C12H22O2. The Hall–Kier alpha value is -0.0800. The van der Waals surface area contributed by atoms with Crippen LogP contribution in [0.4, 0.5) is 0 Å². The van der Waals surface area contributed by atoms with Crippen molar-refractivity contribution in [2.24, 2.45) is 17.3 Å². The molecule has 2 N–H and O–H groups in total.